The van der Waals surface area contributed by atoms with E-state index >= 15 is 0 Å². The third-order valence-corrected chi connectivity index (χ3v) is 1.96. The zero-order chi connectivity index (χ0) is 9.26. The lowest BCUT2D eigenvalue weighted by Gasteiger charge is -1.91. The molecular formula is C10H6N2O. The van der Waals surface area contributed by atoms with Gasteiger partial charge in [-0.1, -0.05) is 12.1 Å². The van der Waals surface area contributed by atoms with E-state index in [-0.39, 0.29) is 0 Å². The lowest BCUT2D eigenvalue weighted by atomic mass is 10.1. The quantitative estimate of drug-likeness (QED) is 0.664. The Bertz CT molecular complexity index is 505. The minimum atomic E-state index is 0.604. The van der Waals surface area contributed by atoms with Crippen LogP contribution in [-0.4, -0.2) is 11.3 Å². The number of fused-ring (bicyclic) bond motifs is 1. The topological polar surface area (TPSA) is 56.6 Å². The molecule has 0 aliphatic heterocycles. The third kappa shape index (κ3) is 1.09. The van der Waals surface area contributed by atoms with Crippen LogP contribution in [0.3, 0.4) is 0 Å². The molecule has 2 rings (SSSR count). The number of nitriles is 1. The Morgan fingerprint density at radius 2 is 2.31 bits per heavy atom. The molecule has 62 valence electrons. The molecule has 0 saturated heterocycles. The molecular weight excluding hydrogens is 164 g/mol. The molecule has 0 radical (unpaired) electrons. The predicted molar refractivity (Wildman–Crippen MR) is 48.4 cm³/mol. The smallest absolute Gasteiger partial charge is 0.150 e. The highest BCUT2D eigenvalue weighted by atomic mass is 16.1. The Hall–Kier alpha value is -2.08. The number of hydrogen-bond donors (Lipinski definition) is 1. The van der Waals surface area contributed by atoms with Crippen molar-refractivity contribution in [3.8, 4) is 6.07 Å². The van der Waals surface area contributed by atoms with Crippen molar-refractivity contribution in [2.45, 2.75) is 0 Å². The fourth-order valence-corrected chi connectivity index (χ4v) is 1.31. The predicted octanol–water partition coefficient (Wildman–Crippen LogP) is 1.85. The van der Waals surface area contributed by atoms with Gasteiger partial charge in [-0.2, -0.15) is 5.26 Å². The van der Waals surface area contributed by atoms with E-state index in [0.29, 0.717) is 11.1 Å². The van der Waals surface area contributed by atoms with Crippen LogP contribution in [-0.2, 0) is 0 Å². The molecule has 13 heavy (non-hydrogen) atoms. The summed E-state index contributed by atoms with van der Waals surface area (Å²) in [7, 11) is 0. The molecule has 2 aromatic rings. The van der Waals surface area contributed by atoms with Crippen molar-refractivity contribution in [1.29, 1.82) is 5.26 Å². The van der Waals surface area contributed by atoms with Crippen LogP contribution in [0.25, 0.3) is 10.9 Å². The van der Waals surface area contributed by atoms with Crippen LogP contribution in [0.1, 0.15) is 15.9 Å². The normalized spacial score (nSPS) is 9.77. The fraction of sp³-hybridized carbons (Fsp3) is 0. The zero-order valence-electron chi connectivity index (χ0n) is 6.74. The molecule has 0 aliphatic carbocycles. The monoisotopic (exact) mass is 170 g/mol. The van der Waals surface area contributed by atoms with E-state index in [2.05, 4.69) is 11.1 Å². The molecule has 0 spiro atoms. The van der Waals surface area contributed by atoms with Crippen LogP contribution in [0.15, 0.2) is 24.4 Å². The van der Waals surface area contributed by atoms with Gasteiger partial charge >= 0.3 is 0 Å². The number of carbonyl (C=O) groups excluding carboxylic acids is 1. The average molecular weight is 170 g/mol. The van der Waals surface area contributed by atoms with Gasteiger partial charge in [0.1, 0.15) is 12.4 Å². The summed E-state index contributed by atoms with van der Waals surface area (Å²) in [5, 5.41) is 9.57. The molecule has 1 aromatic carbocycles. The molecule has 0 atom stereocenters. The minimum absolute atomic E-state index is 0.604. The van der Waals surface area contributed by atoms with E-state index < -0.39 is 0 Å². The number of aromatic nitrogens is 1. The van der Waals surface area contributed by atoms with Gasteiger partial charge in [-0.05, 0) is 6.07 Å². The van der Waals surface area contributed by atoms with E-state index in [0.717, 1.165) is 17.2 Å². The van der Waals surface area contributed by atoms with Crippen molar-refractivity contribution < 1.29 is 4.79 Å². The molecule has 0 fully saturated rings. The summed E-state index contributed by atoms with van der Waals surface area (Å²) in [4.78, 5) is 13.4. The van der Waals surface area contributed by atoms with Crippen LogP contribution >= 0.6 is 0 Å². The number of nitrogens with zero attached hydrogens (tertiary/aromatic N) is 1. The highest BCUT2D eigenvalue weighted by molar-refractivity contribution is 5.90. The number of hydrogen-bond acceptors (Lipinski definition) is 2. The van der Waals surface area contributed by atoms with Crippen molar-refractivity contribution in [1.82, 2.24) is 4.98 Å². The molecule has 0 unspecified atom stereocenters. The first-order chi connectivity index (χ1) is 6.35. The summed E-state index contributed by atoms with van der Waals surface area (Å²) >= 11 is 0. The Morgan fingerprint density at radius 1 is 1.46 bits per heavy atom. The summed E-state index contributed by atoms with van der Waals surface area (Å²) in [5.74, 6) is 0. The maximum Gasteiger partial charge on any atom is 0.150 e. The second kappa shape index (κ2) is 2.76. The van der Waals surface area contributed by atoms with E-state index in [1.165, 1.54) is 0 Å². The minimum Gasteiger partial charge on any atom is -0.360 e. The summed E-state index contributed by atoms with van der Waals surface area (Å²) in [5.41, 5.74) is 2.03. The molecule has 3 nitrogen and oxygen atoms in total. The van der Waals surface area contributed by atoms with Gasteiger partial charge in [-0.3, -0.25) is 4.79 Å². The van der Waals surface area contributed by atoms with Gasteiger partial charge in [0.2, 0.25) is 0 Å². The lowest BCUT2D eigenvalue weighted by molar-refractivity contribution is 0.112. The SMILES string of the molecule is N#Cc1c[nH]c2cc(C=O)ccc12. The number of carbonyl (C=O) groups is 1. The molecule has 0 saturated carbocycles. The van der Waals surface area contributed by atoms with E-state index in [1.807, 2.05) is 0 Å². The van der Waals surface area contributed by atoms with Crippen LogP contribution in [0, 0.1) is 11.3 Å². The maximum absolute atomic E-state index is 10.4. The van der Waals surface area contributed by atoms with Gasteiger partial charge in [0.25, 0.3) is 0 Å². The Balaban J connectivity index is 2.76. The lowest BCUT2D eigenvalue weighted by Crippen LogP contribution is -1.78. The summed E-state index contributed by atoms with van der Waals surface area (Å²) in [6.07, 6.45) is 2.42. The highest BCUT2D eigenvalue weighted by Crippen LogP contribution is 2.17. The van der Waals surface area contributed by atoms with Gasteiger partial charge in [0.05, 0.1) is 5.56 Å². The zero-order valence-corrected chi connectivity index (χ0v) is 6.74. The number of aldehydes is 1. The van der Waals surface area contributed by atoms with Crippen molar-refractivity contribution >= 4 is 17.2 Å². The maximum atomic E-state index is 10.4. The van der Waals surface area contributed by atoms with Crippen molar-refractivity contribution in [2.24, 2.45) is 0 Å². The number of aromatic amines is 1. The highest BCUT2D eigenvalue weighted by Gasteiger charge is 2.02. The van der Waals surface area contributed by atoms with E-state index in [4.69, 9.17) is 5.26 Å². The second-order valence-corrected chi connectivity index (χ2v) is 2.74. The summed E-state index contributed by atoms with van der Waals surface area (Å²) in [6, 6.07) is 7.26. The molecule has 1 aromatic heterocycles. The van der Waals surface area contributed by atoms with Gasteiger partial charge < -0.3 is 4.98 Å². The molecule has 0 bridgehead atoms. The first-order valence-electron chi connectivity index (χ1n) is 3.81. The Morgan fingerprint density at radius 3 is 3.00 bits per heavy atom. The third-order valence-electron chi connectivity index (χ3n) is 1.96. The van der Waals surface area contributed by atoms with Gasteiger partial charge in [-0.25, -0.2) is 0 Å². The van der Waals surface area contributed by atoms with Crippen LogP contribution in [0.4, 0.5) is 0 Å². The molecule has 1 N–H and O–H groups in total. The van der Waals surface area contributed by atoms with E-state index in [1.54, 1.807) is 24.4 Å². The number of rotatable bonds is 1. The van der Waals surface area contributed by atoms with Crippen LogP contribution in [0.5, 0.6) is 0 Å². The standard InChI is InChI=1S/C10H6N2O/c11-4-8-5-12-10-3-7(6-13)1-2-9(8)10/h1-3,5-6,12H. The van der Waals surface area contributed by atoms with Gasteiger partial charge in [-0.15, -0.1) is 0 Å². The number of benzene rings is 1. The average Bonchev–Trinajstić information content (AvgIpc) is 2.59. The summed E-state index contributed by atoms with van der Waals surface area (Å²) in [6.45, 7) is 0. The van der Waals surface area contributed by atoms with Crippen molar-refractivity contribution in [3.63, 3.8) is 0 Å². The van der Waals surface area contributed by atoms with E-state index in [9.17, 15) is 4.79 Å². The number of H-pyrrole nitrogens is 1. The van der Waals surface area contributed by atoms with Crippen LogP contribution < -0.4 is 0 Å². The largest absolute Gasteiger partial charge is 0.360 e. The molecule has 3 heteroatoms. The molecule has 0 amide bonds. The van der Waals surface area contributed by atoms with Gasteiger partial charge in [0, 0.05) is 22.7 Å². The second-order valence-electron chi connectivity index (χ2n) is 2.74. The Kier molecular flexibility index (Phi) is 1.60. The summed E-state index contributed by atoms with van der Waals surface area (Å²) < 4.78 is 0. The molecule has 0 aliphatic rings. The van der Waals surface area contributed by atoms with Gasteiger partial charge in [0.15, 0.2) is 0 Å². The fourth-order valence-electron chi connectivity index (χ4n) is 1.31. The Labute approximate surface area is 74.6 Å². The number of nitrogens with one attached hydrogen (secondary N) is 1. The first-order valence-corrected chi connectivity index (χ1v) is 3.81. The van der Waals surface area contributed by atoms with Crippen molar-refractivity contribution in [2.75, 3.05) is 0 Å². The first kappa shape index (κ1) is 7.56. The van der Waals surface area contributed by atoms with Crippen molar-refractivity contribution in [3.05, 3.63) is 35.5 Å². The van der Waals surface area contributed by atoms with Crippen LogP contribution in [0.2, 0.25) is 0 Å². The molecule has 1 heterocycles.